The number of hydrogen-bond acceptors (Lipinski definition) is 6. The Hall–Kier alpha value is -2.43. The van der Waals surface area contributed by atoms with Gasteiger partial charge in [-0.1, -0.05) is 13.0 Å². The molecule has 0 spiro atoms. The average Bonchev–Trinajstić information content (AvgIpc) is 3.35. The molecule has 6 nitrogen and oxygen atoms in total. The van der Waals surface area contributed by atoms with Crippen molar-refractivity contribution < 1.29 is 32.5 Å². The van der Waals surface area contributed by atoms with E-state index in [9.17, 15) is 23.1 Å². The Morgan fingerprint density at radius 1 is 1.18 bits per heavy atom. The Morgan fingerprint density at radius 2 is 1.85 bits per heavy atom. The highest BCUT2D eigenvalue weighted by Crippen LogP contribution is 2.38. The number of hydrogen-bond donors (Lipinski definition) is 2. The van der Waals surface area contributed by atoms with Crippen molar-refractivity contribution in [3.05, 3.63) is 53.6 Å². The second kappa shape index (κ2) is 9.31. The van der Waals surface area contributed by atoms with E-state index in [4.69, 9.17) is 4.74 Å². The van der Waals surface area contributed by atoms with Gasteiger partial charge >= 0.3 is 12.3 Å². The van der Waals surface area contributed by atoms with Gasteiger partial charge in [0.05, 0.1) is 0 Å². The molecule has 1 heterocycles. The molecule has 2 N–H and O–H groups in total. The van der Waals surface area contributed by atoms with Crippen molar-refractivity contribution in [2.24, 2.45) is 0 Å². The number of nitrogens with zero attached hydrogens (tertiary/aromatic N) is 1. The first kappa shape index (κ1) is 24.7. The van der Waals surface area contributed by atoms with Gasteiger partial charge in [-0.15, -0.1) is 24.9 Å². The highest BCUT2D eigenvalue weighted by atomic mass is 32.2. The summed E-state index contributed by atoms with van der Waals surface area (Å²) < 4.78 is 45.8. The van der Waals surface area contributed by atoms with Crippen LogP contribution < -0.4 is 10.1 Å². The molecular weight excluding hydrogens is 469 g/mol. The van der Waals surface area contributed by atoms with Crippen molar-refractivity contribution in [3.8, 4) is 5.75 Å². The van der Waals surface area contributed by atoms with E-state index in [1.807, 2.05) is 6.07 Å². The van der Waals surface area contributed by atoms with Gasteiger partial charge < -0.3 is 19.9 Å². The van der Waals surface area contributed by atoms with E-state index in [0.29, 0.717) is 5.69 Å². The zero-order valence-electron chi connectivity index (χ0n) is 19.1. The standard InChI is InChI=1S/C24H27F3N2O4S/c1-4-29(21-20(32-21)28-16-6-8-18(9-7-16)33-24(25,26)27)17-11-14-5-10-19(13-15(14)12-17)34-23(2,3)22(30)31/h5-10,13,17,20-21,28H,4,11-12H2,1-3H3,(H,30,31)/t17-,20?,21?/m1/s1. The molecule has 0 radical (unpaired) electrons. The predicted octanol–water partition coefficient (Wildman–Crippen LogP) is 5.12. The van der Waals surface area contributed by atoms with Crippen molar-refractivity contribution in [1.29, 1.82) is 0 Å². The predicted molar refractivity (Wildman–Crippen MR) is 123 cm³/mol. The zero-order valence-corrected chi connectivity index (χ0v) is 19.9. The molecule has 0 amide bonds. The minimum atomic E-state index is -4.72. The van der Waals surface area contributed by atoms with Crippen molar-refractivity contribution in [2.45, 2.75) is 68.1 Å². The summed E-state index contributed by atoms with van der Waals surface area (Å²) in [5.74, 6) is -1.12. The van der Waals surface area contributed by atoms with E-state index in [1.54, 1.807) is 13.8 Å². The Labute approximate surface area is 200 Å². The van der Waals surface area contributed by atoms with Crippen LogP contribution in [0.25, 0.3) is 0 Å². The molecule has 2 aliphatic rings. The number of thioether (sulfide) groups is 1. The first-order valence-electron chi connectivity index (χ1n) is 11.0. The smallest absolute Gasteiger partial charge is 0.480 e. The number of epoxide rings is 1. The van der Waals surface area contributed by atoms with Gasteiger partial charge in [-0.25, -0.2) is 0 Å². The van der Waals surface area contributed by atoms with Crippen LogP contribution in [0.4, 0.5) is 18.9 Å². The molecule has 0 saturated carbocycles. The molecular formula is C24H27F3N2O4S. The molecule has 184 valence electrons. The molecule has 3 atom stereocenters. The molecule has 1 aliphatic heterocycles. The molecule has 1 saturated heterocycles. The normalized spacial score (nSPS) is 21.9. The van der Waals surface area contributed by atoms with Gasteiger partial charge in [-0.3, -0.25) is 9.69 Å². The highest BCUT2D eigenvalue weighted by Gasteiger charge is 2.46. The molecule has 0 aromatic heterocycles. The Balaban J connectivity index is 1.35. The second-order valence-electron chi connectivity index (χ2n) is 8.90. The number of fused-ring (bicyclic) bond motifs is 1. The van der Waals surface area contributed by atoms with Crippen LogP contribution in [-0.4, -0.2) is 52.1 Å². The SMILES string of the molecule is CCN(C1OC1Nc1ccc(OC(F)(F)F)cc1)[C@@H]1Cc2ccc(SC(C)(C)C(=O)O)cc2C1. The largest absolute Gasteiger partial charge is 0.573 e. The van der Waals surface area contributed by atoms with Crippen LogP contribution in [0, 0.1) is 0 Å². The molecule has 34 heavy (non-hydrogen) atoms. The quantitative estimate of drug-likeness (QED) is 0.369. The Bertz CT molecular complexity index is 1050. The lowest BCUT2D eigenvalue weighted by Gasteiger charge is -2.25. The van der Waals surface area contributed by atoms with Crippen LogP contribution in [0.5, 0.6) is 5.75 Å². The second-order valence-corrected chi connectivity index (χ2v) is 10.6. The fourth-order valence-electron chi connectivity index (χ4n) is 4.23. The molecule has 1 fully saturated rings. The van der Waals surface area contributed by atoms with Crippen LogP contribution in [-0.2, 0) is 22.4 Å². The molecule has 2 unspecified atom stereocenters. The fraction of sp³-hybridized carbons (Fsp3) is 0.458. The first-order valence-corrected chi connectivity index (χ1v) is 11.8. The van der Waals surface area contributed by atoms with Gasteiger partial charge in [0.2, 0.25) is 0 Å². The van der Waals surface area contributed by atoms with E-state index in [2.05, 4.69) is 34.0 Å². The number of carboxylic acids is 1. The third-order valence-corrected chi connectivity index (χ3v) is 7.18. The summed E-state index contributed by atoms with van der Waals surface area (Å²) in [6.45, 7) is 6.25. The van der Waals surface area contributed by atoms with E-state index in [1.165, 1.54) is 47.2 Å². The number of carbonyl (C=O) groups is 1. The molecule has 2 aromatic carbocycles. The third-order valence-electron chi connectivity index (χ3n) is 6.00. The van der Waals surface area contributed by atoms with Gasteiger partial charge in [0.15, 0.2) is 12.5 Å². The summed E-state index contributed by atoms with van der Waals surface area (Å²) in [5, 5.41) is 12.6. The van der Waals surface area contributed by atoms with Crippen LogP contribution in [0.3, 0.4) is 0 Å². The topological polar surface area (TPSA) is 74.3 Å². The maximum atomic E-state index is 12.3. The van der Waals surface area contributed by atoms with Gasteiger partial charge in [0.25, 0.3) is 0 Å². The molecule has 2 aromatic rings. The number of ether oxygens (including phenoxy) is 2. The van der Waals surface area contributed by atoms with Crippen LogP contribution in [0.15, 0.2) is 47.4 Å². The third kappa shape index (κ3) is 5.79. The monoisotopic (exact) mass is 496 g/mol. The van der Waals surface area contributed by atoms with E-state index in [-0.39, 0.29) is 24.2 Å². The van der Waals surface area contributed by atoms with Gasteiger partial charge in [-0.2, -0.15) is 0 Å². The molecule has 4 rings (SSSR count). The van der Waals surface area contributed by atoms with Gasteiger partial charge in [0, 0.05) is 16.6 Å². The number of nitrogens with one attached hydrogen (secondary N) is 1. The zero-order chi connectivity index (χ0) is 24.7. The minimum Gasteiger partial charge on any atom is -0.480 e. The number of rotatable bonds is 9. The van der Waals surface area contributed by atoms with Gasteiger partial charge in [-0.05, 0) is 80.8 Å². The maximum Gasteiger partial charge on any atom is 0.573 e. The number of aliphatic carboxylic acids is 1. The lowest BCUT2D eigenvalue weighted by molar-refractivity contribution is -0.274. The van der Waals surface area contributed by atoms with Crippen molar-refractivity contribution in [3.63, 3.8) is 0 Å². The first-order chi connectivity index (χ1) is 15.9. The highest BCUT2D eigenvalue weighted by molar-refractivity contribution is 8.01. The lowest BCUT2D eigenvalue weighted by Crippen LogP contribution is -2.39. The van der Waals surface area contributed by atoms with E-state index in [0.717, 1.165) is 24.3 Å². The number of halogens is 3. The summed E-state index contributed by atoms with van der Waals surface area (Å²) in [4.78, 5) is 14.7. The lowest BCUT2D eigenvalue weighted by atomic mass is 10.1. The Kier molecular flexibility index (Phi) is 6.76. The molecule has 0 bridgehead atoms. The van der Waals surface area contributed by atoms with Crippen LogP contribution >= 0.6 is 11.8 Å². The number of likely N-dealkylation sites (N-methyl/N-ethyl adjacent to an activating group) is 1. The molecule has 10 heteroatoms. The summed E-state index contributed by atoms with van der Waals surface area (Å²) in [6.07, 6.45) is -3.37. The van der Waals surface area contributed by atoms with Crippen molar-refractivity contribution in [2.75, 3.05) is 11.9 Å². The summed E-state index contributed by atoms with van der Waals surface area (Å²) in [7, 11) is 0. The summed E-state index contributed by atoms with van der Waals surface area (Å²) in [5.41, 5.74) is 3.13. The number of benzene rings is 2. The van der Waals surface area contributed by atoms with E-state index >= 15 is 0 Å². The maximum absolute atomic E-state index is 12.3. The molecule has 1 aliphatic carbocycles. The van der Waals surface area contributed by atoms with Crippen LogP contribution in [0.2, 0.25) is 0 Å². The van der Waals surface area contributed by atoms with Crippen molar-refractivity contribution >= 4 is 23.4 Å². The minimum absolute atomic E-state index is 0.129. The number of anilines is 1. The van der Waals surface area contributed by atoms with E-state index < -0.39 is 17.1 Å². The fourth-order valence-corrected chi connectivity index (χ4v) is 5.25. The summed E-state index contributed by atoms with van der Waals surface area (Å²) >= 11 is 1.34. The summed E-state index contributed by atoms with van der Waals surface area (Å²) in [6, 6.07) is 12.0. The number of carboxylic acid groups (broad SMARTS) is 1. The van der Waals surface area contributed by atoms with Gasteiger partial charge in [0.1, 0.15) is 10.5 Å². The Morgan fingerprint density at radius 3 is 2.47 bits per heavy atom. The van der Waals surface area contributed by atoms with Crippen LogP contribution in [0.1, 0.15) is 31.9 Å². The number of alkyl halides is 3. The van der Waals surface area contributed by atoms with Crippen molar-refractivity contribution in [1.82, 2.24) is 4.90 Å². The average molecular weight is 497 g/mol.